The second-order valence-corrected chi connectivity index (χ2v) is 15.7. The molecule has 212 valence electrons. The summed E-state index contributed by atoms with van der Waals surface area (Å²) in [6.45, 7) is 1.60. The molecule has 0 saturated heterocycles. The predicted molar refractivity (Wildman–Crippen MR) is 179 cm³/mol. The molecule has 5 aromatic carbocycles. The zero-order valence-electron chi connectivity index (χ0n) is 24.1. The third-order valence-electron chi connectivity index (χ3n) is 7.70. The quantitative estimate of drug-likeness (QED) is 0.163. The molecule has 6 rings (SSSR count). The van der Waals surface area contributed by atoms with Crippen molar-refractivity contribution >= 4 is 51.8 Å². The van der Waals surface area contributed by atoms with Crippen molar-refractivity contribution < 1.29 is 18.3 Å². The molecule has 0 atom stereocenters. The van der Waals surface area contributed by atoms with Gasteiger partial charge in [-0.15, -0.1) is 0 Å². The monoisotopic (exact) mass is 592 g/mol. The number of benzene rings is 5. The van der Waals surface area contributed by atoms with E-state index in [-0.39, 0.29) is 13.2 Å². The van der Waals surface area contributed by atoms with Crippen LogP contribution >= 0.6 is 14.5 Å². The van der Waals surface area contributed by atoms with E-state index >= 15 is 4.57 Å². The number of fused-ring (bicyclic) bond motifs is 2. The lowest BCUT2D eigenvalue weighted by Crippen LogP contribution is -2.34. The van der Waals surface area contributed by atoms with Gasteiger partial charge in [0.1, 0.15) is 5.75 Å². The Balaban J connectivity index is 1.79. The van der Waals surface area contributed by atoms with Crippen molar-refractivity contribution in [2.45, 2.75) is 13.8 Å². The van der Waals surface area contributed by atoms with Crippen molar-refractivity contribution in [1.29, 1.82) is 0 Å². The molecule has 0 saturated carbocycles. The zero-order valence-corrected chi connectivity index (χ0v) is 25.9. The molecule has 0 aromatic heterocycles. The van der Waals surface area contributed by atoms with Crippen molar-refractivity contribution in [3.63, 3.8) is 0 Å². The third kappa shape index (κ3) is 4.79. The first kappa shape index (κ1) is 28.5. The van der Waals surface area contributed by atoms with Gasteiger partial charge in [0.25, 0.3) is 0 Å². The lowest BCUT2D eigenvalue weighted by Gasteiger charge is -2.38. The average molecular weight is 593 g/mol. The summed E-state index contributed by atoms with van der Waals surface area (Å²) in [7, 11) is -2.07. The summed E-state index contributed by atoms with van der Waals surface area (Å²) in [4.78, 5) is 0. The summed E-state index contributed by atoms with van der Waals surface area (Å²) in [5.74, 6) is 0.822. The highest BCUT2D eigenvalue weighted by molar-refractivity contribution is 8.06. The second kappa shape index (κ2) is 11.9. The van der Waals surface area contributed by atoms with Crippen LogP contribution in [-0.2, 0) is 13.6 Å². The van der Waals surface area contributed by atoms with Crippen molar-refractivity contribution in [3.05, 3.63) is 139 Å². The van der Waals surface area contributed by atoms with Crippen molar-refractivity contribution in [2.24, 2.45) is 0 Å². The molecule has 0 spiro atoms. The Morgan fingerprint density at radius 1 is 0.667 bits per heavy atom. The first-order valence-corrected chi connectivity index (χ1v) is 17.6. The van der Waals surface area contributed by atoms with Gasteiger partial charge >= 0.3 is 7.60 Å². The van der Waals surface area contributed by atoms with Gasteiger partial charge in [-0.25, -0.2) is 0 Å². The van der Waals surface area contributed by atoms with Crippen LogP contribution in [-0.4, -0.2) is 25.4 Å². The molecule has 0 bridgehead atoms. The Labute approximate surface area is 248 Å². The van der Waals surface area contributed by atoms with Gasteiger partial charge in [-0.2, -0.15) is 0 Å². The van der Waals surface area contributed by atoms with E-state index in [1.807, 2.05) is 38.1 Å². The first-order valence-electron chi connectivity index (χ1n) is 14.2. The Morgan fingerprint density at radius 3 is 1.86 bits per heavy atom. The summed E-state index contributed by atoms with van der Waals surface area (Å²) in [5, 5.41) is 6.28. The molecular formula is C36H34O4P2. The Morgan fingerprint density at radius 2 is 1.24 bits per heavy atom. The third-order valence-corrected chi connectivity index (χ3v) is 15.3. The van der Waals surface area contributed by atoms with Crippen LogP contribution < -0.4 is 20.7 Å². The summed E-state index contributed by atoms with van der Waals surface area (Å²) in [5.41, 5.74) is 3.16. The largest absolute Gasteiger partial charge is 0.497 e. The highest BCUT2D eigenvalue weighted by Gasteiger charge is 2.43. The molecule has 1 aliphatic heterocycles. The van der Waals surface area contributed by atoms with Gasteiger partial charge in [-0.1, -0.05) is 103 Å². The minimum absolute atomic E-state index is 0.271. The minimum atomic E-state index is -3.75. The lowest BCUT2D eigenvalue weighted by molar-refractivity contribution is 0.233. The van der Waals surface area contributed by atoms with E-state index in [1.54, 1.807) is 7.11 Å². The average Bonchev–Trinajstić information content (AvgIpc) is 3.04. The van der Waals surface area contributed by atoms with Gasteiger partial charge in [0.2, 0.25) is 0 Å². The van der Waals surface area contributed by atoms with Crippen LogP contribution in [0.5, 0.6) is 5.75 Å². The fraction of sp³-hybridized carbons (Fsp3) is 0.139. The summed E-state index contributed by atoms with van der Waals surface area (Å²) < 4.78 is 32.9. The maximum Gasteiger partial charge on any atom is 0.362 e. The Kier molecular flexibility index (Phi) is 8.08. The van der Waals surface area contributed by atoms with Gasteiger partial charge in [-0.05, 0) is 88.4 Å². The van der Waals surface area contributed by atoms with Gasteiger partial charge in [0, 0.05) is 0 Å². The van der Waals surface area contributed by atoms with Gasteiger partial charge in [-0.3, -0.25) is 4.57 Å². The van der Waals surface area contributed by atoms with Crippen LogP contribution in [0.25, 0.3) is 16.3 Å². The van der Waals surface area contributed by atoms with E-state index in [1.165, 1.54) is 0 Å². The highest BCUT2D eigenvalue weighted by Crippen LogP contribution is 2.64. The summed E-state index contributed by atoms with van der Waals surface area (Å²) in [6.07, 6.45) is 2.12. The molecule has 4 nitrogen and oxygen atoms in total. The van der Waals surface area contributed by atoms with E-state index in [0.717, 1.165) is 54.2 Å². The van der Waals surface area contributed by atoms with E-state index in [9.17, 15) is 0 Å². The first-order chi connectivity index (χ1) is 20.5. The van der Waals surface area contributed by atoms with Crippen LogP contribution in [0.3, 0.4) is 0 Å². The molecule has 0 amide bonds. The molecule has 6 heteroatoms. The van der Waals surface area contributed by atoms with Gasteiger partial charge in [0.15, 0.2) is 0 Å². The minimum Gasteiger partial charge on any atom is -0.497 e. The smallest absolute Gasteiger partial charge is 0.362 e. The lowest BCUT2D eigenvalue weighted by atomic mass is 9.95. The van der Waals surface area contributed by atoms with Crippen molar-refractivity contribution in [1.82, 2.24) is 0 Å². The number of hydrogen-bond acceptors (Lipinski definition) is 4. The second-order valence-electron chi connectivity index (χ2n) is 10.0. The molecule has 1 heterocycles. The summed E-state index contributed by atoms with van der Waals surface area (Å²) >= 11 is 0. The predicted octanol–water partition coefficient (Wildman–Crippen LogP) is 7.98. The van der Waals surface area contributed by atoms with Crippen LogP contribution in [0, 0.1) is 0 Å². The highest BCUT2D eigenvalue weighted by atomic mass is 31.2. The molecule has 1 aliphatic rings. The fourth-order valence-corrected chi connectivity index (χ4v) is 14.1. The van der Waals surface area contributed by atoms with E-state index < -0.39 is 14.5 Å². The SMILES string of the molecule is CCOP(=O)(OCC)C1=P(c2ccccc2)(c2ccccc2)c2ccccc2C(c2ccc3cc(OC)ccc3c2)=C1. The maximum atomic E-state index is 15.1. The molecule has 0 fully saturated rings. The van der Waals surface area contributed by atoms with E-state index in [0.29, 0.717) is 0 Å². The Hall–Kier alpha value is -3.65. The standard InChI is InChI=1S/C36H34O4P2/c1-4-39-42(37,40-5-2)36-26-34(29-21-20-28-25-30(38-3)23-22-27(28)24-29)33-18-12-13-19-35(33)41(36,31-14-8-6-9-15-31)32-16-10-7-11-17-32/h6-26H,4-5H2,1-3H3. The molecular weight excluding hydrogens is 558 g/mol. The number of methoxy groups -OCH3 is 1. The topological polar surface area (TPSA) is 44.8 Å². The molecule has 5 aromatic rings. The fourth-order valence-electron chi connectivity index (χ4n) is 5.95. The number of ether oxygens (including phenoxy) is 1. The maximum absolute atomic E-state index is 15.1. The molecule has 0 radical (unpaired) electrons. The van der Waals surface area contributed by atoms with Gasteiger partial charge in [0.05, 0.1) is 25.4 Å². The van der Waals surface area contributed by atoms with Crippen molar-refractivity contribution in [3.8, 4) is 5.75 Å². The number of hydrogen-bond donors (Lipinski definition) is 0. The number of allylic oxidation sites excluding steroid dienone is 1. The normalized spacial score (nSPS) is 14.4. The van der Waals surface area contributed by atoms with E-state index in [4.69, 9.17) is 13.8 Å². The van der Waals surface area contributed by atoms with E-state index in [2.05, 4.69) is 103 Å². The van der Waals surface area contributed by atoms with Crippen LogP contribution in [0.15, 0.2) is 127 Å². The van der Waals surface area contributed by atoms with Crippen LogP contribution in [0.4, 0.5) is 0 Å². The molecule has 0 aliphatic carbocycles. The van der Waals surface area contributed by atoms with Crippen LogP contribution in [0.2, 0.25) is 0 Å². The molecule has 0 unspecified atom stereocenters. The summed E-state index contributed by atoms with van der Waals surface area (Å²) in [6, 6.07) is 42.0. The Bertz CT molecular complexity index is 1820. The van der Waals surface area contributed by atoms with Gasteiger partial charge < -0.3 is 13.8 Å². The molecule has 0 N–H and O–H groups in total. The number of rotatable bonds is 9. The van der Waals surface area contributed by atoms with Crippen molar-refractivity contribution in [2.75, 3.05) is 20.3 Å². The zero-order chi connectivity index (χ0) is 29.2. The molecule has 42 heavy (non-hydrogen) atoms. The van der Waals surface area contributed by atoms with Crippen LogP contribution in [0.1, 0.15) is 25.0 Å².